The standard InChI is InChI=1S/C10H21N3O4/c1-9(2,3)17-8(14)12-10(4,6-16-5)7(11)13-15/h15H,6H2,1-5H3,(H2,11,13)(H,12,14). The minimum Gasteiger partial charge on any atom is -0.444 e. The zero-order chi connectivity index (χ0) is 13.7. The van der Waals surface area contributed by atoms with Crippen LogP contribution in [0.25, 0.3) is 0 Å². The van der Waals surface area contributed by atoms with Crippen LogP contribution >= 0.6 is 0 Å². The fourth-order valence-electron chi connectivity index (χ4n) is 1.10. The van der Waals surface area contributed by atoms with Gasteiger partial charge in [0.15, 0.2) is 5.84 Å². The molecule has 0 aromatic carbocycles. The lowest BCUT2D eigenvalue weighted by Gasteiger charge is -2.30. The molecule has 7 heteroatoms. The van der Waals surface area contributed by atoms with E-state index in [4.69, 9.17) is 20.4 Å². The maximum Gasteiger partial charge on any atom is 0.408 e. The summed E-state index contributed by atoms with van der Waals surface area (Å²) in [5.41, 5.74) is 3.76. The van der Waals surface area contributed by atoms with Gasteiger partial charge >= 0.3 is 6.09 Å². The van der Waals surface area contributed by atoms with Crippen LogP contribution in [-0.2, 0) is 9.47 Å². The van der Waals surface area contributed by atoms with Crippen molar-refractivity contribution in [3.8, 4) is 0 Å². The number of ether oxygens (including phenoxy) is 2. The second-order valence-electron chi connectivity index (χ2n) is 4.88. The largest absolute Gasteiger partial charge is 0.444 e. The number of hydrogen-bond acceptors (Lipinski definition) is 5. The molecule has 7 nitrogen and oxygen atoms in total. The molecule has 0 aliphatic rings. The number of methoxy groups -OCH3 is 1. The van der Waals surface area contributed by atoms with Crippen LogP contribution in [0.15, 0.2) is 5.16 Å². The van der Waals surface area contributed by atoms with E-state index >= 15 is 0 Å². The first-order chi connectivity index (χ1) is 7.64. The van der Waals surface area contributed by atoms with E-state index in [9.17, 15) is 4.79 Å². The Labute approximate surface area is 101 Å². The van der Waals surface area contributed by atoms with E-state index < -0.39 is 17.2 Å². The highest BCUT2D eigenvalue weighted by Gasteiger charge is 2.33. The number of nitrogens with one attached hydrogen (secondary N) is 1. The molecule has 0 rings (SSSR count). The molecule has 0 heterocycles. The van der Waals surface area contributed by atoms with E-state index in [1.165, 1.54) is 7.11 Å². The van der Waals surface area contributed by atoms with Crippen LogP contribution in [0, 0.1) is 0 Å². The van der Waals surface area contributed by atoms with Crippen LogP contribution in [0.3, 0.4) is 0 Å². The lowest BCUT2D eigenvalue weighted by atomic mass is 10.0. The van der Waals surface area contributed by atoms with Gasteiger partial charge in [-0.25, -0.2) is 4.79 Å². The third-order valence-corrected chi connectivity index (χ3v) is 1.88. The highest BCUT2D eigenvalue weighted by molar-refractivity contribution is 5.92. The molecule has 0 aromatic rings. The Morgan fingerprint density at radius 1 is 1.41 bits per heavy atom. The first-order valence-electron chi connectivity index (χ1n) is 5.13. The summed E-state index contributed by atoms with van der Waals surface area (Å²) in [5, 5.41) is 14.0. The molecule has 0 saturated heterocycles. The second-order valence-corrected chi connectivity index (χ2v) is 4.88. The summed E-state index contributed by atoms with van der Waals surface area (Å²) in [6.07, 6.45) is -0.663. The van der Waals surface area contributed by atoms with Gasteiger partial charge in [0.2, 0.25) is 0 Å². The fraction of sp³-hybridized carbons (Fsp3) is 0.800. The van der Waals surface area contributed by atoms with Crippen LogP contribution in [0.4, 0.5) is 4.79 Å². The molecule has 0 fully saturated rings. The summed E-state index contributed by atoms with van der Waals surface area (Å²) < 4.78 is 10.00. The van der Waals surface area contributed by atoms with Crippen molar-refractivity contribution in [3.05, 3.63) is 0 Å². The summed E-state index contributed by atoms with van der Waals surface area (Å²) in [4.78, 5) is 11.6. The van der Waals surface area contributed by atoms with Crippen molar-refractivity contribution in [1.29, 1.82) is 0 Å². The van der Waals surface area contributed by atoms with E-state index in [1.807, 2.05) is 0 Å². The molecular formula is C10H21N3O4. The minimum atomic E-state index is -1.12. The Kier molecular flexibility index (Phi) is 5.21. The van der Waals surface area contributed by atoms with Gasteiger partial charge in [-0.05, 0) is 27.7 Å². The Bertz CT molecular complexity index is 298. The van der Waals surface area contributed by atoms with Crippen LogP contribution < -0.4 is 11.1 Å². The van der Waals surface area contributed by atoms with Gasteiger partial charge in [-0.3, -0.25) is 0 Å². The molecule has 4 N–H and O–H groups in total. The molecule has 1 atom stereocenters. The molecule has 17 heavy (non-hydrogen) atoms. The molecule has 100 valence electrons. The molecule has 0 saturated carbocycles. The predicted molar refractivity (Wildman–Crippen MR) is 63.1 cm³/mol. The van der Waals surface area contributed by atoms with Crippen molar-refractivity contribution >= 4 is 11.9 Å². The number of nitrogens with two attached hydrogens (primary N) is 1. The number of amidine groups is 1. The van der Waals surface area contributed by atoms with Gasteiger partial charge in [0.25, 0.3) is 0 Å². The molecular weight excluding hydrogens is 226 g/mol. The minimum absolute atomic E-state index is 0.0577. The maximum absolute atomic E-state index is 11.6. The second kappa shape index (κ2) is 5.72. The van der Waals surface area contributed by atoms with Gasteiger partial charge in [-0.15, -0.1) is 0 Å². The fourth-order valence-corrected chi connectivity index (χ4v) is 1.10. The molecule has 0 bridgehead atoms. The normalized spacial score (nSPS) is 16.2. The highest BCUT2D eigenvalue weighted by atomic mass is 16.6. The first-order valence-corrected chi connectivity index (χ1v) is 5.13. The zero-order valence-corrected chi connectivity index (χ0v) is 10.9. The van der Waals surface area contributed by atoms with Crippen LogP contribution in [0.1, 0.15) is 27.7 Å². The van der Waals surface area contributed by atoms with E-state index in [0.717, 1.165) is 0 Å². The molecule has 0 spiro atoms. The van der Waals surface area contributed by atoms with Gasteiger partial charge in [0.1, 0.15) is 11.1 Å². The van der Waals surface area contributed by atoms with Crippen molar-refractivity contribution in [1.82, 2.24) is 5.32 Å². The van der Waals surface area contributed by atoms with Crippen LogP contribution in [0.5, 0.6) is 0 Å². The number of alkyl carbamates (subject to hydrolysis) is 1. The molecule has 1 amide bonds. The SMILES string of the molecule is COCC(C)(NC(=O)OC(C)(C)C)/C(N)=N/O. The van der Waals surface area contributed by atoms with Gasteiger partial charge in [0.05, 0.1) is 6.61 Å². The van der Waals surface area contributed by atoms with E-state index in [0.29, 0.717) is 0 Å². The molecule has 0 aliphatic heterocycles. The highest BCUT2D eigenvalue weighted by Crippen LogP contribution is 2.10. The van der Waals surface area contributed by atoms with Crippen molar-refractivity contribution in [3.63, 3.8) is 0 Å². The van der Waals surface area contributed by atoms with Crippen molar-refractivity contribution in [2.75, 3.05) is 13.7 Å². The quantitative estimate of drug-likeness (QED) is 0.293. The van der Waals surface area contributed by atoms with Crippen molar-refractivity contribution in [2.45, 2.75) is 38.8 Å². The third kappa shape index (κ3) is 5.39. The molecule has 1 unspecified atom stereocenters. The molecule has 0 aromatic heterocycles. The average molecular weight is 247 g/mol. The lowest BCUT2D eigenvalue weighted by Crippen LogP contribution is -2.59. The van der Waals surface area contributed by atoms with Gasteiger partial charge in [-0.1, -0.05) is 5.16 Å². The smallest absolute Gasteiger partial charge is 0.408 e. The topological polar surface area (TPSA) is 106 Å². The Morgan fingerprint density at radius 3 is 2.29 bits per heavy atom. The Balaban J connectivity index is 4.72. The predicted octanol–water partition coefficient (Wildman–Crippen LogP) is 0.663. The molecule has 0 radical (unpaired) electrons. The monoisotopic (exact) mass is 247 g/mol. The van der Waals surface area contributed by atoms with Crippen molar-refractivity contribution in [2.24, 2.45) is 10.9 Å². The summed E-state index contributed by atoms with van der Waals surface area (Å²) in [6, 6.07) is 0. The van der Waals surface area contributed by atoms with E-state index in [-0.39, 0.29) is 12.4 Å². The first kappa shape index (κ1) is 15.5. The number of amides is 1. The number of carbonyl (C=O) groups is 1. The van der Waals surface area contributed by atoms with Crippen LogP contribution in [-0.4, -0.2) is 42.0 Å². The van der Waals surface area contributed by atoms with Gasteiger partial charge < -0.3 is 25.7 Å². The maximum atomic E-state index is 11.6. The lowest BCUT2D eigenvalue weighted by molar-refractivity contribution is 0.0441. The Morgan fingerprint density at radius 2 is 1.94 bits per heavy atom. The van der Waals surface area contributed by atoms with Gasteiger partial charge in [-0.2, -0.15) is 0 Å². The average Bonchev–Trinajstić information content (AvgIpc) is 2.13. The summed E-state index contributed by atoms with van der Waals surface area (Å²) in [7, 11) is 1.44. The van der Waals surface area contributed by atoms with Crippen molar-refractivity contribution < 1.29 is 19.5 Å². The van der Waals surface area contributed by atoms with E-state index in [2.05, 4.69) is 10.5 Å². The van der Waals surface area contributed by atoms with Gasteiger partial charge in [0, 0.05) is 7.11 Å². The Hall–Kier alpha value is -1.50. The summed E-state index contributed by atoms with van der Waals surface area (Å²) in [5.74, 6) is -0.162. The summed E-state index contributed by atoms with van der Waals surface area (Å²) in [6.45, 7) is 6.84. The number of hydrogen-bond donors (Lipinski definition) is 3. The van der Waals surface area contributed by atoms with Crippen LogP contribution in [0.2, 0.25) is 0 Å². The number of rotatable bonds is 4. The summed E-state index contributed by atoms with van der Waals surface area (Å²) >= 11 is 0. The number of nitrogens with zero attached hydrogens (tertiary/aromatic N) is 1. The third-order valence-electron chi connectivity index (χ3n) is 1.88. The van der Waals surface area contributed by atoms with E-state index in [1.54, 1.807) is 27.7 Å². The zero-order valence-electron chi connectivity index (χ0n) is 10.9. The number of oxime groups is 1. The molecule has 0 aliphatic carbocycles. The number of carbonyl (C=O) groups excluding carboxylic acids is 1.